The lowest BCUT2D eigenvalue weighted by atomic mass is 9.79. The number of hydrogen-bond donors (Lipinski definition) is 2. The zero-order chi connectivity index (χ0) is 30.8. The van der Waals surface area contributed by atoms with Gasteiger partial charge in [0.15, 0.2) is 5.69 Å². The van der Waals surface area contributed by atoms with Gasteiger partial charge >= 0.3 is 6.36 Å². The number of benzene rings is 1. The number of amides is 2. The quantitative estimate of drug-likeness (QED) is 0.257. The number of alkyl halides is 3. The van der Waals surface area contributed by atoms with Gasteiger partial charge in [0.2, 0.25) is 5.91 Å². The van der Waals surface area contributed by atoms with E-state index in [0.717, 1.165) is 18.8 Å². The van der Waals surface area contributed by atoms with Crippen molar-refractivity contribution in [1.82, 2.24) is 24.9 Å². The zero-order valence-electron chi connectivity index (χ0n) is 24.1. The first-order chi connectivity index (χ1) is 20.6. The van der Waals surface area contributed by atoms with Gasteiger partial charge < -0.3 is 19.9 Å². The first-order valence-electron chi connectivity index (χ1n) is 14.6. The topological polar surface area (TPSA) is 120 Å². The zero-order valence-corrected chi connectivity index (χ0v) is 24.1. The fourth-order valence-electron chi connectivity index (χ4n) is 5.28. The number of anilines is 1. The minimum Gasteiger partial charge on any atom is -0.406 e. The number of halogens is 3. The number of aromatic nitrogens is 4. The van der Waals surface area contributed by atoms with E-state index in [2.05, 4.69) is 32.6 Å². The number of hydrogen-bond acceptors (Lipinski definition) is 6. The number of pyridine rings is 1. The average molecular weight is 603 g/mol. The standard InChI is InChI=1S/C30H37F3N6O4/c1-2-21-8-10-22(11-9-21)17-27(40)35-24-12-15-38(28(41)18-24)13-3-4-14-39-20-26(36-37-39)29(42)34-19-23-6-5-7-25(16-23)43-30(31,32)33/h5-7,12,15-16,18,20-22H,2-4,8-11,13-14,17,19H2,1H3,(H,34,42)(H,35,40). The summed E-state index contributed by atoms with van der Waals surface area (Å²) in [5, 5.41) is 13.3. The second-order valence-corrected chi connectivity index (χ2v) is 10.9. The molecule has 0 atom stereocenters. The van der Waals surface area contributed by atoms with Crippen LogP contribution < -0.4 is 20.9 Å². The molecule has 3 aromatic rings. The Labute approximate surface area is 247 Å². The SMILES string of the molecule is CCC1CCC(CC(=O)Nc2ccn(CCCCn3cc(C(=O)NCc4cccc(OC(F)(F)F)c4)nn3)c(=O)c2)CC1. The van der Waals surface area contributed by atoms with E-state index in [1.807, 2.05) is 0 Å². The predicted octanol–water partition coefficient (Wildman–Crippen LogP) is 5.29. The number of aryl methyl sites for hydroxylation is 2. The van der Waals surface area contributed by atoms with Crippen molar-refractivity contribution in [2.75, 3.05) is 5.32 Å². The summed E-state index contributed by atoms with van der Waals surface area (Å²) in [7, 11) is 0. The molecule has 0 unspecified atom stereocenters. The van der Waals surface area contributed by atoms with Gasteiger partial charge in [-0.1, -0.05) is 43.5 Å². The molecule has 0 saturated heterocycles. The van der Waals surface area contributed by atoms with Crippen molar-refractivity contribution < 1.29 is 27.5 Å². The van der Waals surface area contributed by atoms with Gasteiger partial charge in [-0.05, 0) is 61.3 Å². The molecule has 0 aliphatic heterocycles. The lowest BCUT2D eigenvalue weighted by Crippen LogP contribution is -2.23. The van der Waals surface area contributed by atoms with E-state index in [4.69, 9.17) is 0 Å². The molecule has 1 aliphatic rings. The minimum atomic E-state index is -4.80. The molecular formula is C30H37F3N6O4. The summed E-state index contributed by atoms with van der Waals surface area (Å²) in [6.07, 6.45) is 5.91. The number of rotatable bonds is 13. The van der Waals surface area contributed by atoms with Crippen LogP contribution in [-0.4, -0.2) is 37.7 Å². The molecule has 1 saturated carbocycles. The van der Waals surface area contributed by atoms with Crippen molar-refractivity contribution in [3.8, 4) is 5.75 Å². The Hall–Kier alpha value is -4.16. The summed E-state index contributed by atoms with van der Waals surface area (Å²) < 4.78 is 44.2. The Morgan fingerprint density at radius 2 is 1.79 bits per heavy atom. The molecule has 1 aromatic carbocycles. The number of ether oxygens (including phenoxy) is 1. The molecule has 0 spiro atoms. The fourth-order valence-corrected chi connectivity index (χ4v) is 5.28. The van der Waals surface area contributed by atoms with Crippen LogP contribution in [0.2, 0.25) is 0 Å². The summed E-state index contributed by atoms with van der Waals surface area (Å²) in [6.45, 7) is 3.15. The van der Waals surface area contributed by atoms with Gasteiger partial charge in [0.25, 0.3) is 11.5 Å². The fraction of sp³-hybridized carbons (Fsp3) is 0.500. The van der Waals surface area contributed by atoms with Gasteiger partial charge in [-0.25, -0.2) is 0 Å². The maximum absolute atomic E-state index is 12.5. The van der Waals surface area contributed by atoms with Crippen molar-refractivity contribution in [2.24, 2.45) is 11.8 Å². The number of carbonyl (C=O) groups is 2. The maximum Gasteiger partial charge on any atom is 0.573 e. The van der Waals surface area contributed by atoms with Gasteiger partial charge in [0.1, 0.15) is 5.75 Å². The van der Waals surface area contributed by atoms with Crippen LogP contribution in [0.4, 0.5) is 18.9 Å². The van der Waals surface area contributed by atoms with Crippen molar-refractivity contribution in [1.29, 1.82) is 0 Å². The highest BCUT2D eigenvalue weighted by atomic mass is 19.4. The number of nitrogens with one attached hydrogen (secondary N) is 2. The lowest BCUT2D eigenvalue weighted by Gasteiger charge is -2.27. The van der Waals surface area contributed by atoms with Gasteiger partial charge in [-0.2, -0.15) is 0 Å². The minimum absolute atomic E-state index is 0.0160. The van der Waals surface area contributed by atoms with Crippen LogP contribution in [0, 0.1) is 11.8 Å². The Bertz CT molecular complexity index is 1430. The van der Waals surface area contributed by atoms with Crippen molar-refractivity contribution in [3.05, 3.63) is 70.4 Å². The molecule has 1 fully saturated rings. The summed E-state index contributed by atoms with van der Waals surface area (Å²) >= 11 is 0. The second kappa shape index (κ2) is 14.8. The molecule has 1 aliphatic carbocycles. The summed E-state index contributed by atoms with van der Waals surface area (Å²) in [5.74, 6) is 0.250. The molecule has 13 heteroatoms. The third-order valence-corrected chi connectivity index (χ3v) is 7.69. The van der Waals surface area contributed by atoms with E-state index in [9.17, 15) is 27.6 Å². The van der Waals surface area contributed by atoms with E-state index in [0.29, 0.717) is 49.5 Å². The number of carbonyl (C=O) groups excluding carboxylic acids is 2. The van der Waals surface area contributed by atoms with Crippen molar-refractivity contribution in [2.45, 2.75) is 84.3 Å². The summed E-state index contributed by atoms with van der Waals surface area (Å²) in [5.41, 5.74) is 0.809. The number of unbranched alkanes of at least 4 members (excludes halogenated alkanes) is 1. The van der Waals surface area contributed by atoms with Crippen LogP contribution in [-0.2, 0) is 24.4 Å². The molecule has 2 N–H and O–H groups in total. The third-order valence-electron chi connectivity index (χ3n) is 7.69. The molecular weight excluding hydrogens is 565 g/mol. The maximum atomic E-state index is 12.5. The van der Waals surface area contributed by atoms with Crippen LogP contribution in [0.5, 0.6) is 5.75 Å². The van der Waals surface area contributed by atoms with Crippen molar-refractivity contribution >= 4 is 17.5 Å². The Morgan fingerprint density at radius 3 is 2.51 bits per heavy atom. The van der Waals surface area contributed by atoms with Crippen LogP contribution in [0.25, 0.3) is 0 Å². The van der Waals surface area contributed by atoms with Gasteiger partial charge in [0.05, 0.1) is 6.20 Å². The van der Waals surface area contributed by atoms with E-state index >= 15 is 0 Å². The highest BCUT2D eigenvalue weighted by molar-refractivity contribution is 5.92. The van der Waals surface area contributed by atoms with Crippen molar-refractivity contribution in [3.63, 3.8) is 0 Å². The van der Waals surface area contributed by atoms with E-state index in [1.165, 1.54) is 54.4 Å². The molecule has 2 aromatic heterocycles. The first-order valence-corrected chi connectivity index (χ1v) is 14.6. The molecule has 2 heterocycles. The molecule has 43 heavy (non-hydrogen) atoms. The molecule has 0 bridgehead atoms. The second-order valence-electron chi connectivity index (χ2n) is 10.9. The van der Waals surface area contributed by atoms with Gasteiger partial charge in [-0.15, -0.1) is 18.3 Å². The monoisotopic (exact) mass is 602 g/mol. The smallest absolute Gasteiger partial charge is 0.406 e. The highest BCUT2D eigenvalue weighted by Gasteiger charge is 2.31. The van der Waals surface area contributed by atoms with Crippen LogP contribution in [0.3, 0.4) is 0 Å². The van der Waals surface area contributed by atoms with E-state index in [1.54, 1.807) is 22.9 Å². The highest BCUT2D eigenvalue weighted by Crippen LogP contribution is 2.32. The molecule has 10 nitrogen and oxygen atoms in total. The van der Waals surface area contributed by atoms with E-state index in [-0.39, 0.29) is 29.5 Å². The Kier molecular flexibility index (Phi) is 11.0. The predicted molar refractivity (Wildman–Crippen MR) is 153 cm³/mol. The molecule has 4 rings (SSSR count). The number of nitrogens with zero attached hydrogens (tertiary/aromatic N) is 4. The van der Waals surface area contributed by atoms with E-state index < -0.39 is 12.3 Å². The van der Waals surface area contributed by atoms with Crippen LogP contribution >= 0.6 is 0 Å². The third kappa shape index (κ3) is 10.3. The molecule has 2 amide bonds. The van der Waals surface area contributed by atoms with Gasteiger partial charge in [-0.3, -0.25) is 19.1 Å². The normalized spacial score (nSPS) is 16.9. The first kappa shape index (κ1) is 31.8. The Morgan fingerprint density at radius 1 is 1.05 bits per heavy atom. The molecule has 0 radical (unpaired) electrons. The van der Waals surface area contributed by atoms with Crippen LogP contribution in [0.1, 0.15) is 74.3 Å². The van der Waals surface area contributed by atoms with Crippen LogP contribution in [0.15, 0.2) is 53.6 Å². The largest absolute Gasteiger partial charge is 0.573 e. The average Bonchev–Trinajstić information content (AvgIpc) is 3.44. The van der Waals surface area contributed by atoms with Gasteiger partial charge in [0, 0.05) is 44.0 Å². The summed E-state index contributed by atoms with van der Waals surface area (Å²) in [4.78, 5) is 37.4. The lowest BCUT2D eigenvalue weighted by molar-refractivity contribution is -0.274. The summed E-state index contributed by atoms with van der Waals surface area (Å²) in [6, 6.07) is 8.51. The Balaban J connectivity index is 1.16. The molecule has 232 valence electrons.